The highest BCUT2D eigenvalue weighted by Crippen LogP contribution is 2.49. The zero-order valence-corrected chi connectivity index (χ0v) is 10.2. The number of rotatable bonds is 0. The van der Waals surface area contributed by atoms with Crippen molar-refractivity contribution >= 4 is 0 Å². The molecule has 2 saturated carbocycles. The second-order valence-corrected chi connectivity index (χ2v) is 6.61. The average molecular weight is 210 g/mol. The summed E-state index contributed by atoms with van der Waals surface area (Å²) in [6.07, 6.45) is 10.6. The first-order chi connectivity index (χ1) is 6.59. The van der Waals surface area contributed by atoms with Crippen molar-refractivity contribution < 1.29 is 0 Å². The summed E-state index contributed by atoms with van der Waals surface area (Å²) in [6, 6.07) is 0. The zero-order chi connectivity index (χ0) is 10.2. The molecule has 0 N–H and O–H groups in total. The van der Waals surface area contributed by atoms with Gasteiger partial charge in [0.1, 0.15) is 0 Å². The van der Waals surface area contributed by atoms with Gasteiger partial charge < -0.3 is 0 Å². The molecule has 0 aromatic rings. The van der Waals surface area contributed by atoms with Gasteiger partial charge in [0.05, 0.1) is 0 Å². The Morgan fingerprint density at radius 2 is 1.40 bits per heavy atom. The summed E-state index contributed by atoms with van der Waals surface area (Å²) in [5, 5.41) is 0. The number of hydrogen-bond acceptors (Lipinski definition) is 0. The van der Waals surface area contributed by atoms with Crippen molar-refractivity contribution in [3.63, 3.8) is 0 Å². The maximum absolute atomic E-state index is 2.45. The van der Waals surface area contributed by atoms with Crippen LogP contribution in [0.5, 0.6) is 0 Å². The minimum Gasteiger partial charge on any atom is -0.0776 e. The molecule has 0 radical (unpaired) electrons. The summed E-state index contributed by atoms with van der Waals surface area (Å²) in [7, 11) is 0. The van der Waals surface area contributed by atoms with E-state index in [0.717, 1.165) is 17.8 Å². The van der Waals surface area contributed by atoms with E-state index in [4.69, 9.17) is 0 Å². The number of fused-ring (bicyclic) bond motifs is 1. The zero-order valence-electron chi connectivity index (χ0n) is 10.2. The Hall–Kier alpha value is 0. The summed E-state index contributed by atoms with van der Waals surface area (Å²) in [6.45, 7) is 7.36. The molecule has 2 rings (SSSR count). The molecule has 0 aromatic carbocycles. The van der Waals surface area contributed by atoms with Gasteiger partial charge in [-0.1, -0.05) is 60.3 Å². The third kappa shape index (κ3) is 2.77. The molecule has 0 aromatic heterocycles. The van der Waals surface area contributed by atoms with Crippen LogP contribution in [0, 0.1) is 23.2 Å². The Morgan fingerprint density at radius 1 is 0.800 bits per heavy atom. The monoisotopic (exact) mass is 210 g/mol. The van der Waals surface area contributed by atoms with Gasteiger partial charge in [-0.2, -0.15) is 0 Å². The molecule has 0 amide bonds. The summed E-state index contributed by atoms with van der Waals surface area (Å²) in [5.74, 6) is 3.20. The molecule has 15 heavy (non-hydrogen) atoms. The van der Waals surface area contributed by atoms with E-state index in [0.29, 0.717) is 5.41 Å². The molecule has 3 unspecified atom stereocenters. The van der Waals surface area contributed by atoms with Gasteiger partial charge in [0, 0.05) is 0 Å². The lowest BCUT2D eigenvalue weighted by Crippen LogP contribution is -2.37. The van der Waals surface area contributed by atoms with Gasteiger partial charge in [-0.3, -0.25) is 0 Å². The lowest BCUT2D eigenvalue weighted by Gasteiger charge is -2.47. The Morgan fingerprint density at radius 3 is 2.07 bits per heavy atom. The van der Waals surface area contributed by atoms with Gasteiger partial charge in [0.25, 0.3) is 0 Å². The quantitative estimate of drug-likeness (QED) is 0.510. The largest absolute Gasteiger partial charge is 0.0776 e. The van der Waals surface area contributed by atoms with Gasteiger partial charge in [-0.25, -0.2) is 0 Å². The van der Waals surface area contributed by atoms with Crippen LogP contribution in [0.3, 0.4) is 0 Å². The SMILES string of the molecule is C.CC(C)(C)C1CCCC2CCCCC21. The maximum Gasteiger partial charge on any atom is -0.0334 e. The van der Waals surface area contributed by atoms with Gasteiger partial charge in [0.2, 0.25) is 0 Å². The third-order valence-electron chi connectivity index (χ3n) is 4.69. The minimum atomic E-state index is 0. The van der Waals surface area contributed by atoms with Crippen molar-refractivity contribution in [3.05, 3.63) is 0 Å². The fourth-order valence-corrected chi connectivity index (χ4v) is 4.01. The predicted molar refractivity (Wildman–Crippen MR) is 69.0 cm³/mol. The van der Waals surface area contributed by atoms with Crippen LogP contribution in [0.1, 0.15) is 73.1 Å². The lowest BCUT2D eigenvalue weighted by molar-refractivity contribution is 0.0331. The first kappa shape index (κ1) is 13.1. The normalized spacial score (nSPS) is 36.6. The summed E-state index contributed by atoms with van der Waals surface area (Å²) >= 11 is 0. The Labute approximate surface area is 96.8 Å². The van der Waals surface area contributed by atoms with E-state index >= 15 is 0 Å². The van der Waals surface area contributed by atoms with E-state index < -0.39 is 0 Å². The molecule has 0 nitrogen and oxygen atoms in total. The summed E-state index contributed by atoms with van der Waals surface area (Å²) < 4.78 is 0. The van der Waals surface area contributed by atoms with Crippen LogP contribution in [-0.4, -0.2) is 0 Å². The van der Waals surface area contributed by atoms with E-state index in [1.54, 1.807) is 0 Å². The molecule has 3 atom stereocenters. The molecule has 0 bridgehead atoms. The van der Waals surface area contributed by atoms with Crippen LogP contribution in [0.2, 0.25) is 0 Å². The molecule has 0 saturated heterocycles. The van der Waals surface area contributed by atoms with Gasteiger partial charge >= 0.3 is 0 Å². The lowest BCUT2D eigenvalue weighted by atomic mass is 9.59. The van der Waals surface area contributed by atoms with Crippen LogP contribution >= 0.6 is 0 Å². The van der Waals surface area contributed by atoms with Crippen LogP contribution in [0.4, 0.5) is 0 Å². The molecular formula is C15H30. The Bertz CT molecular complexity index is 185. The number of hydrogen-bond donors (Lipinski definition) is 0. The fourth-order valence-electron chi connectivity index (χ4n) is 4.01. The molecule has 0 heterocycles. The van der Waals surface area contributed by atoms with Crippen LogP contribution in [0.25, 0.3) is 0 Å². The van der Waals surface area contributed by atoms with Crippen molar-refractivity contribution in [2.24, 2.45) is 23.2 Å². The minimum absolute atomic E-state index is 0. The molecule has 2 fully saturated rings. The average Bonchev–Trinajstić information content (AvgIpc) is 2.15. The fraction of sp³-hybridized carbons (Fsp3) is 1.00. The molecular weight excluding hydrogens is 180 g/mol. The van der Waals surface area contributed by atoms with Crippen molar-refractivity contribution in [2.45, 2.75) is 73.1 Å². The van der Waals surface area contributed by atoms with Crippen molar-refractivity contribution in [3.8, 4) is 0 Å². The first-order valence-corrected chi connectivity index (χ1v) is 6.59. The van der Waals surface area contributed by atoms with E-state index in [9.17, 15) is 0 Å². The highest BCUT2D eigenvalue weighted by molar-refractivity contribution is 4.90. The second-order valence-electron chi connectivity index (χ2n) is 6.61. The molecule has 2 aliphatic rings. The van der Waals surface area contributed by atoms with E-state index in [-0.39, 0.29) is 7.43 Å². The highest BCUT2D eigenvalue weighted by Gasteiger charge is 2.39. The van der Waals surface area contributed by atoms with Gasteiger partial charge in [0.15, 0.2) is 0 Å². The smallest absolute Gasteiger partial charge is 0.0334 e. The first-order valence-electron chi connectivity index (χ1n) is 6.59. The van der Waals surface area contributed by atoms with E-state index in [2.05, 4.69) is 20.8 Å². The molecule has 0 heteroatoms. The summed E-state index contributed by atoms with van der Waals surface area (Å²) in [5.41, 5.74) is 0.556. The van der Waals surface area contributed by atoms with Gasteiger partial charge in [-0.05, 0) is 36.0 Å². The predicted octanol–water partition coefficient (Wildman–Crippen LogP) is 5.28. The van der Waals surface area contributed by atoms with Crippen LogP contribution in [-0.2, 0) is 0 Å². The maximum atomic E-state index is 2.45. The van der Waals surface area contributed by atoms with Gasteiger partial charge in [-0.15, -0.1) is 0 Å². The standard InChI is InChI=1S/C14H26.CH4/c1-14(2,3)13-10-6-8-11-7-4-5-9-12(11)13;/h11-13H,4-10H2,1-3H3;1H4. The van der Waals surface area contributed by atoms with Crippen molar-refractivity contribution in [1.82, 2.24) is 0 Å². The van der Waals surface area contributed by atoms with Crippen molar-refractivity contribution in [1.29, 1.82) is 0 Å². The van der Waals surface area contributed by atoms with E-state index in [1.807, 2.05) is 0 Å². The topological polar surface area (TPSA) is 0 Å². The second kappa shape index (κ2) is 4.89. The van der Waals surface area contributed by atoms with Crippen molar-refractivity contribution in [2.75, 3.05) is 0 Å². The molecule has 0 aliphatic heterocycles. The van der Waals surface area contributed by atoms with E-state index in [1.165, 1.54) is 44.9 Å². The highest BCUT2D eigenvalue weighted by atomic mass is 14.4. The summed E-state index contributed by atoms with van der Waals surface area (Å²) in [4.78, 5) is 0. The molecule has 2 aliphatic carbocycles. The van der Waals surface area contributed by atoms with Crippen LogP contribution < -0.4 is 0 Å². The third-order valence-corrected chi connectivity index (χ3v) is 4.69. The Kier molecular flexibility index (Phi) is 4.26. The Balaban J connectivity index is 0.00000112. The molecule has 90 valence electrons. The van der Waals surface area contributed by atoms with Crippen LogP contribution in [0.15, 0.2) is 0 Å². The molecule has 0 spiro atoms.